The first kappa shape index (κ1) is 18.6. The van der Waals surface area contributed by atoms with E-state index in [4.69, 9.17) is 0 Å². The van der Waals surface area contributed by atoms with Crippen LogP contribution in [0.2, 0.25) is 0 Å². The molecule has 0 spiro atoms. The summed E-state index contributed by atoms with van der Waals surface area (Å²) in [5.41, 5.74) is 1.89. The predicted molar refractivity (Wildman–Crippen MR) is 105 cm³/mol. The van der Waals surface area contributed by atoms with Gasteiger partial charge < -0.3 is 4.90 Å². The molecule has 1 aromatic heterocycles. The Labute approximate surface area is 169 Å². The minimum atomic E-state index is -0.626. The molecule has 6 rings (SSSR count). The van der Waals surface area contributed by atoms with Gasteiger partial charge in [0.1, 0.15) is 11.6 Å². The number of halogens is 2. The normalized spacial score (nSPS) is 30.7. The van der Waals surface area contributed by atoms with E-state index in [9.17, 15) is 13.6 Å². The topological polar surface area (TPSA) is 46.1 Å². The Morgan fingerprint density at radius 1 is 1.21 bits per heavy atom. The standard InChI is InChI=1S/C23H25F2N3O/c1-13-14(2)23(12-28-10-4-7-20(28)29)9-8-15(13)16-11-19(26-27-22(16)23)21-17(24)5-3-6-18(21)25/h3,5-6,11,13-15H,4,7-10,12H2,1-2H3/t13?,14?,15-,23-/m1/s1. The third-order valence-electron chi connectivity index (χ3n) is 7.75. The number of aromatic nitrogens is 2. The molecule has 2 aromatic rings. The maximum absolute atomic E-state index is 14.3. The fourth-order valence-electron chi connectivity index (χ4n) is 5.98. The SMILES string of the molecule is CC1C(C)[C@]2(CN3CCCC3=O)CC[C@H]1c1cc(-c3c(F)cccc3F)nnc12. The minimum Gasteiger partial charge on any atom is -0.342 e. The number of nitrogens with zero attached hydrogens (tertiary/aromatic N) is 3. The first-order chi connectivity index (χ1) is 13.9. The summed E-state index contributed by atoms with van der Waals surface area (Å²) in [5, 5.41) is 8.83. The smallest absolute Gasteiger partial charge is 0.222 e. The van der Waals surface area contributed by atoms with Crippen molar-refractivity contribution in [2.45, 2.75) is 50.9 Å². The van der Waals surface area contributed by atoms with Gasteiger partial charge in [0.15, 0.2) is 0 Å². The number of carbonyl (C=O) groups excluding carboxylic acids is 1. The summed E-state index contributed by atoms with van der Waals surface area (Å²) in [6.07, 6.45) is 3.51. The van der Waals surface area contributed by atoms with Crippen LogP contribution in [0.1, 0.15) is 56.7 Å². The Hall–Kier alpha value is -2.37. The van der Waals surface area contributed by atoms with E-state index in [2.05, 4.69) is 24.0 Å². The number of carbonyl (C=O) groups is 1. The van der Waals surface area contributed by atoms with Crippen molar-refractivity contribution in [1.82, 2.24) is 15.1 Å². The van der Waals surface area contributed by atoms with Gasteiger partial charge in [-0.3, -0.25) is 4.79 Å². The van der Waals surface area contributed by atoms with Crippen molar-refractivity contribution >= 4 is 5.91 Å². The third kappa shape index (κ3) is 2.64. The Bertz CT molecular complexity index is 974. The highest BCUT2D eigenvalue weighted by Crippen LogP contribution is 2.58. The van der Waals surface area contributed by atoms with Gasteiger partial charge in [-0.15, -0.1) is 0 Å². The molecule has 2 bridgehead atoms. The Morgan fingerprint density at radius 2 is 1.97 bits per heavy atom. The molecule has 2 heterocycles. The molecular formula is C23H25F2N3O. The molecular weight excluding hydrogens is 372 g/mol. The van der Waals surface area contributed by atoms with Crippen LogP contribution in [0.3, 0.4) is 0 Å². The molecule has 4 nitrogen and oxygen atoms in total. The first-order valence-corrected chi connectivity index (χ1v) is 10.5. The number of fused-ring (bicyclic) bond motifs is 2. The fourth-order valence-corrected chi connectivity index (χ4v) is 5.98. The molecule has 152 valence electrons. The number of likely N-dealkylation sites (tertiary alicyclic amines) is 1. The molecule has 2 unspecified atom stereocenters. The van der Waals surface area contributed by atoms with E-state index in [0.29, 0.717) is 30.7 Å². The molecule has 0 radical (unpaired) electrons. The summed E-state index contributed by atoms with van der Waals surface area (Å²) in [6.45, 7) is 5.97. The Balaban J connectivity index is 1.63. The van der Waals surface area contributed by atoms with Crippen molar-refractivity contribution in [2.75, 3.05) is 13.1 Å². The van der Waals surface area contributed by atoms with Crippen LogP contribution in [0.4, 0.5) is 8.78 Å². The lowest BCUT2D eigenvalue weighted by Crippen LogP contribution is -2.55. The van der Waals surface area contributed by atoms with Crippen LogP contribution in [0.15, 0.2) is 24.3 Å². The summed E-state index contributed by atoms with van der Waals surface area (Å²) in [5.74, 6) is 0.0497. The number of amides is 1. The largest absolute Gasteiger partial charge is 0.342 e. The zero-order chi connectivity index (χ0) is 20.3. The maximum atomic E-state index is 14.3. The van der Waals surface area contributed by atoms with Crippen molar-refractivity contribution in [2.24, 2.45) is 11.8 Å². The second kappa shape index (κ2) is 6.57. The lowest BCUT2D eigenvalue weighted by molar-refractivity contribution is -0.129. The van der Waals surface area contributed by atoms with Crippen LogP contribution >= 0.6 is 0 Å². The minimum absolute atomic E-state index is 0.117. The van der Waals surface area contributed by atoms with E-state index >= 15 is 0 Å². The molecule has 4 aliphatic rings. The van der Waals surface area contributed by atoms with Crippen molar-refractivity contribution < 1.29 is 13.6 Å². The third-order valence-corrected chi connectivity index (χ3v) is 7.75. The van der Waals surface area contributed by atoms with Crippen molar-refractivity contribution in [3.05, 3.63) is 47.2 Å². The van der Waals surface area contributed by atoms with Gasteiger partial charge in [-0.2, -0.15) is 10.2 Å². The molecule has 29 heavy (non-hydrogen) atoms. The number of hydrogen-bond donors (Lipinski definition) is 0. The number of hydrogen-bond acceptors (Lipinski definition) is 3. The van der Waals surface area contributed by atoms with Gasteiger partial charge in [-0.25, -0.2) is 8.78 Å². The molecule has 1 aliphatic heterocycles. The van der Waals surface area contributed by atoms with Crippen LogP contribution in [-0.4, -0.2) is 34.1 Å². The number of rotatable bonds is 3. The molecule has 2 fully saturated rings. The highest BCUT2D eigenvalue weighted by molar-refractivity contribution is 5.78. The van der Waals surface area contributed by atoms with E-state index in [1.54, 1.807) is 0 Å². The predicted octanol–water partition coefficient (Wildman–Crippen LogP) is 4.45. The van der Waals surface area contributed by atoms with Gasteiger partial charge in [-0.05, 0) is 60.8 Å². The molecule has 3 aliphatic carbocycles. The van der Waals surface area contributed by atoms with Crippen LogP contribution in [0.5, 0.6) is 0 Å². The lowest BCUT2D eigenvalue weighted by atomic mass is 9.50. The zero-order valence-corrected chi connectivity index (χ0v) is 16.8. The summed E-state index contributed by atoms with van der Waals surface area (Å²) in [4.78, 5) is 14.3. The van der Waals surface area contributed by atoms with Gasteiger partial charge >= 0.3 is 0 Å². The zero-order valence-electron chi connectivity index (χ0n) is 16.8. The quantitative estimate of drug-likeness (QED) is 0.769. The van der Waals surface area contributed by atoms with Crippen molar-refractivity contribution in [1.29, 1.82) is 0 Å². The average Bonchev–Trinajstić information content (AvgIpc) is 3.10. The molecule has 1 aromatic carbocycles. The average molecular weight is 397 g/mol. The van der Waals surface area contributed by atoms with Gasteiger partial charge in [-0.1, -0.05) is 19.9 Å². The van der Waals surface area contributed by atoms with Crippen molar-refractivity contribution in [3.63, 3.8) is 0 Å². The van der Waals surface area contributed by atoms with Gasteiger partial charge in [0, 0.05) is 24.9 Å². The lowest BCUT2D eigenvalue weighted by Gasteiger charge is -2.55. The first-order valence-electron chi connectivity index (χ1n) is 10.5. The van der Waals surface area contributed by atoms with Gasteiger partial charge in [0.25, 0.3) is 0 Å². The molecule has 4 atom stereocenters. The fraction of sp³-hybridized carbons (Fsp3) is 0.522. The van der Waals surface area contributed by atoms with E-state index < -0.39 is 11.6 Å². The second-order valence-electron chi connectivity index (χ2n) is 9.00. The van der Waals surface area contributed by atoms with Crippen LogP contribution < -0.4 is 0 Å². The van der Waals surface area contributed by atoms with Gasteiger partial charge in [0.05, 0.1) is 17.0 Å². The second-order valence-corrected chi connectivity index (χ2v) is 9.00. The molecule has 6 heteroatoms. The van der Waals surface area contributed by atoms with Crippen LogP contribution in [-0.2, 0) is 10.2 Å². The van der Waals surface area contributed by atoms with Crippen molar-refractivity contribution in [3.8, 4) is 11.3 Å². The Kier molecular flexibility index (Phi) is 4.23. The van der Waals surface area contributed by atoms with E-state index in [1.165, 1.54) is 18.2 Å². The highest BCUT2D eigenvalue weighted by Gasteiger charge is 2.55. The van der Waals surface area contributed by atoms with E-state index in [1.807, 2.05) is 11.0 Å². The molecule has 1 saturated carbocycles. The molecule has 1 amide bonds. The Morgan fingerprint density at radius 3 is 2.66 bits per heavy atom. The molecule has 1 saturated heterocycles. The number of benzene rings is 1. The molecule has 0 N–H and O–H groups in total. The summed E-state index contributed by atoms with van der Waals surface area (Å²) < 4.78 is 28.7. The summed E-state index contributed by atoms with van der Waals surface area (Å²) >= 11 is 0. The summed E-state index contributed by atoms with van der Waals surface area (Å²) in [6, 6.07) is 5.69. The van der Waals surface area contributed by atoms with E-state index in [0.717, 1.165) is 37.1 Å². The highest BCUT2D eigenvalue weighted by atomic mass is 19.1. The van der Waals surface area contributed by atoms with E-state index in [-0.39, 0.29) is 22.6 Å². The van der Waals surface area contributed by atoms with Crippen LogP contribution in [0, 0.1) is 23.5 Å². The maximum Gasteiger partial charge on any atom is 0.222 e. The van der Waals surface area contributed by atoms with Gasteiger partial charge in [0.2, 0.25) is 5.91 Å². The van der Waals surface area contributed by atoms with Crippen LogP contribution in [0.25, 0.3) is 11.3 Å². The summed E-state index contributed by atoms with van der Waals surface area (Å²) in [7, 11) is 0. The monoisotopic (exact) mass is 397 g/mol.